The van der Waals surface area contributed by atoms with Gasteiger partial charge >= 0.3 is 0 Å². The molecule has 0 radical (unpaired) electrons. The van der Waals surface area contributed by atoms with Gasteiger partial charge < -0.3 is 5.32 Å². The number of rotatable bonds is 7. The van der Waals surface area contributed by atoms with E-state index in [1.807, 2.05) is 44.2 Å². The van der Waals surface area contributed by atoms with E-state index in [2.05, 4.69) is 10.0 Å². The lowest BCUT2D eigenvalue weighted by Gasteiger charge is -2.12. The Labute approximate surface area is 143 Å². The van der Waals surface area contributed by atoms with E-state index in [4.69, 9.17) is 0 Å². The summed E-state index contributed by atoms with van der Waals surface area (Å²) in [5.41, 5.74) is 1.20. The van der Waals surface area contributed by atoms with E-state index in [0.717, 1.165) is 12.0 Å². The number of hydrogen-bond acceptors (Lipinski definition) is 3. The molecule has 128 valence electrons. The molecule has 24 heavy (non-hydrogen) atoms. The van der Waals surface area contributed by atoms with Gasteiger partial charge in [-0.1, -0.05) is 43.3 Å². The summed E-state index contributed by atoms with van der Waals surface area (Å²) in [5.74, 6) is -0.274. The normalized spacial score (nSPS) is 12.6. The molecule has 2 rings (SSSR count). The highest BCUT2D eigenvalue weighted by Gasteiger charge is 2.16. The maximum Gasteiger partial charge on any atom is 0.251 e. The Morgan fingerprint density at radius 2 is 1.79 bits per heavy atom. The monoisotopic (exact) mass is 346 g/mol. The van der Waals surface area contributed by atoms with Gasteiger partial charge in [0.15, 0.2) is 0 Å². The van der Waals surface area contributed by atoms with E-state index in [1.54, 1.807) is 12.1 Å². The van der Waals surface area contributed by atoms with Crippen molar-refractivity contribution < 1.29 is 13.2 Å². The number of nitrogens with one attached hydrogen (secondary N) is 2. The minimum absolute atomic E-state index is 0.0361. The Kier molecular flexibility index (Phi) is 6.11. The second-order valence-electron chi connectivity index (χ2n) is 5.62. The summed E-state index contributed by atoms with van der Waals surface area (Å²) >= 11 is 0. The fourth-order valence-electron chi connectivity index (χ4n) is 2.07. The van der Waals surface area contributed by atoms with Crippen LogP contribution in [0.2, 0.25) is 0 Å². The number of benzene rings is 2. The van der Waals surface area contributed by atoms with E-state index >= 15 is 0 Å². The number of hydrogen-bond donors (Lipinski definition) is 2. The van der Waals surface area contributed by atoms with Gasteiger partial charge in [-0.3, -0.25) is 4.79 Å². The fraction of sp³-hybridized carbons (Fsp3) is 0.278. The van der Waals surface area contributed by atoms with Crippen molar-refractivity contribution >= 4 is 15.9 Å². The van der Waals surface area contributed by atoms with E-state index in [9.17, 15) is 13.2 Å². The average Bonchev–Trinajstić information content (AvgIpc) is 2.61. The molecule has 0 saturated heterocycles. The Hall–Kier alpha value is -2.18. The van der Waals surface area contributed by atoms with Crippen molar-refractivity contribution in [1.82, 2.24) is 10.0 Å². The van der Waals surface area contributed by atoms with Crippen LogP contribution in [0.25, 0.3) is 0 Å². The van der Waals surface area contributed by atoms with E-state index < -0.39 is 10.0 Å². The van der Waals surface area contributed by atoms with Crippen molar-refractivity contribution in [3.05, 3.63) is 65.7 Å². The summed E-state index contributed by atoms with van der Waals surface area (Å²) in [5, 5.41) is 2.83. The highest BCUT2D eigenvalue weighted by atomic mass is 32.2. The lowest BCUT2D eigenvalue weighted by Crippen LogP contribution is -2.32. The van der Waals surface area contributed by atoms with Crippen molar-refractivity contribution in [2.75, 3.05) is 0 Å². The summed E-state index contributed by atoms with van der Waals surface area (Å²) in [4.78, 5) is 12.2. The highest BCUT2D eigenvalue weighted by Crippen LogP contribution is 2.13. The largest absolute Gasteiger partial charge is 0.350 e. The Bertz CT molecular complexity index is 789. The molecule has 0 saturated carbocycles. The van der Waals surface area contributed by atoms with Crippen LogP contribution >= 0.6 is 0 Å². The molecule has 6 heteroatoms. The molecular formula is C18H22N2O3S. The molecule has 2 aromatic rings. The Morgan fingerprint density at radius 3 is 2.46 bits per heavy atom. The van der Waals surface area contributed by atoms with Gasteiger partial charge in [0.05, 0.1) is 4.90 Å². The molecule has 1 amide bonds. The summed E-state index contributed by atoms with van der Waals surface area (Å²) in [6.45, 7) is 4.08. The van der Waals surface area contributed by atoms with Crippen molar-refractivity contribution in [1.29, 1.82) is 0 Å². The van der Waals surface area contributed by atoms with Crippen LogP contribution < -0.4 is 10.0 Å². The number of carbonyl (C=O) groups excluding carboxylic acids is 1. The van der Waals surface area contributed by atoms with Gasteiger partial charge in [-0.25, -0.2) is 13.1 Å². The summed E-state index contributed by atoms with van der Waals surface area (Å²) < 4.78 is 27.4. The molecule has 1 atom stereocenters. The summed E-state index contributed by atoms with van der Waals surface area (Å²) in [6.07, 6.45) is 0.808. The molecule has 0 aliphatic rings. The summed E-state index contributed by atoms with van der Waals surface area (Å²) in [7, 11) is -3.68. The molecule has 0 fully saturated rings. The molecule has 2 aromatic carbocycles. The molecule has 0 aromatic heterocycles. The minimum atomic E-state index is -3.68. The zero-order chi connectivity index (χ0) is 17.6. The maximum atomic E-state index is 12.4. The Balaban J connectivity index is 2.13. The molecule has 0 bridgehead atoms. The van der Waals surface area contributed by atoms with Crippen LogP contribution in [0.1, 0.15) is 36.2 Å². The average molecular weight is 346 g/mol. The predicted molar refractivity (Wildman–Crippen MR) is 94.1 cm³/mol. The second kappa shape index (κ2) is 8.08. The first kappa shape index (κ1) is 18.2. The number of carbonyl (C=O) groups is 1. The van der Waals surface area contributed by atoms with Gasteiger partial charge in [0.25, 0.3) is 5.91 Å². The summed E-state index contributed by atoms with van der Waals surface area (Å²) in [6, 6.07) is 15.4. The third kappa shape index (κ3) is 4.91. The lowest BCUT2D eigenvalue weighted by molar-refractivity contribution is 0.0939. The number of sulfonamides is 1. The SMILES string of the molecule is CC[C@H](C)NC(=O)c1cccc(S(=O)(=O)NCc2ccccc2)c1. The first-order chi connectivity index (χ1) is 11.4. The zero-order valence-electron chi connectivity index (χ0n) is 13.8. The molecule has 0 heterocycles. The van der Waals surface area contributed by atoms with Gasteiger partial charge in [-0.15, -0.1) is 0 Å². The molecule has 2 N–H and O–H groups in total. The van der Waals surface area contributed by atoms with Gasteiger partial charge in [0, 0.05) is 18.2 Å². The fourth-order valence-corrected chi connectivity index (χ4v) is 3.13. The van der Waals surface area contributed by atoms with Crippen LogP contribution in [0.4, 0.5) is 0 Å². The van der Waals surface area contributed by atoms with E-state index in [0.29, 0.717) is 5.56 Å². The lowest BCUT2D eigenvalue weighted by atomic mass is 10.2. The van der Waals surface area contributed by atoms with Crippen LogP contribution in [0.15, 0.2) is 59.5 Å². The molecule has 0 unspecified atom stereocenters. The standard InChI is InChI=1S/C18H22N2O3S/c1-3-14(2)20-18(21)16-10-7-11-17(12-16)24(22,23)19-13-15-8-5-4-6-9-15/h4-12,14,19H,3,13H2,1-2H3,(H,20,21)/t14-/m0/s1. The second-order valence-corrected chi connectivity index (χ2v) is 7.39. The molecule has 0 aliphatic carbocycles. The first-order valence-corrected chi connectivity index (χ1v) is 9.35. The van der Waals surface area contributed by atoms with Gasteiger partial charge in [0.2, 0.25) is 10.0 Å². The topological polar surface area (TPSA) is 75.3 Å². The third-order valence-corrected chi connectivity index (χ3v) is 5.10. The van der Waals surface area contributed by atoms with E-state index in [1.165, 1.54) is 12.1 Å². The molecule has 0 spiro atoms. The highest BCUT2D eigenvalue weighted by molar-refractivity contribution is 7.89. The third-order valence-electron chi connectivity index (χ3n) is 3.71. The van der Waals surface area contributed by atoms with Crippen LogP contribution in [-0.2, 0) is 16.6 Å². The quantitative estimate of drug-likeness (QED) is 0.809. The minimum Gasteiger partial charge on any atom is -0.350 e. The molecular weight excluding hydrogens is 324 g/mol. The number of amides is 1. The van der Waals surface area contributed by atoms with Crippen LogP contribution in [0, 0.1) is 0 Å². The van der Waals surface area contributed by atoms with Crippen molar-refractivity contribution in [3.63, 3.8) is 0 Å². The zero-order valence-corrected chi connectivity index (χ0v) is 14.6. The molecule has 0 aliphatic heterocycles. The van der Waals surface area contributed by atoms with Gasteiger partial charge in [-0.2, -0.15) is 0 Å². The van der Waals surface area contributed by atoms with Crippen molar-refractivity contribution in [2.24, 2.45) is 0 Å². The van der Waals surface area contributed by atoms with Crippen LogP contribution in [-0.4, -0.2) is 20.4 Å². The van der Waals surface area contributed by atoms with Gasteiger partial charge in [-0.05, 0) is 37.1 Å². The first-order valence-electron chi connectivity index (χ1n) is 7.87. The maximum absolute atomic E-state index is 12.4. The van der Waals surface area contributed by atoms with E-state index in [-0.39, 0.29) is 23.4 Å². The Morgan fingerprint density at radius 1 is 1.08 bits per heavy atom. The van der Waals surface area contributed by atoms with Crippen LogP contribution in [0.3, 0.4) is 0 Å². The smallest absolute Gasteiger partial charge is 0.251 e. The van der Waals surface area contributed by atoms with Gasteiger partial charge in [0.1, 0.15) is 0 Å². The van der Waals surface area contributed by atoms with Crippen LogP contribution in [0.5, 0.6) is 0 Å². The van der Waals surface area contributed by atoms with Crippen molar-refractivity contribution in [3.8, 4) is 0 Å². The molecule has 5 nitrogen and oxygen atoms in total. The van der Waals surface area contributed by atoms with Crippen molar-refractivity contribution in [2.45, 2.75) is 37.8 Å². The predicted octanol–water partition coefficient (Wildman–Crippen LogP) is 2.69.